The molecule has 1 fully saturated rings. The van der Waals surface area contributed by atoms with Gasteiger partial charge in [0.1, 0.15) is 0 Å². The van der Waals surface area contributed by atoms with Crippen LogP contribution in [0.4, 0.5) is 0 Å². The quantitative estimate of drug-likeness (QED) is 0.816. The predicted molar refractivity (Wildman–Crippen MR) is 101 cm³/mol. The maximum absolute atomic E-state index is 13.3. The summed E-state index contributed by atoms with van der Waals surface area (Å²) >= 11 is 0. The highest BCUT2D eigenvalue weighted by Crippen LogP contribution is 2.40. The van der Waals surface area contributed by atoms with Gasteiger partial charge in [-0.2, -0.15) is 0 Å². The molecule has 26 heavy (non-hydrogen) atoms. The van der Waals surface area contributed by atoms with Crippen molar-refractivity contribution in [2.75, 3.05) is 13.1 Å². The van der Waals surface area contributed by atoms with Crippen LogP contribution >= 0.6 is 0 Å². The van der Waals surface area contributed by atoms with Crippen LogP contribution < -0.4 is 0 Å². The Morgan fingerprint density at radius 1 is 1.27 bits per heavy atom. The number of carboxylic acids is 1. The third-order valence-corrected chi connectivity index (χ3v) is 4.68. The number of nitrogens with zero attached hydrogens (tertiary/aromatic N) is 2. The summed E-state index contributed by atoms with van der Waals surface area (Å²) in [4.78, 5) is 30.8. The van der Waals surface area contributed by atoms with E-state index in [0.29, 0.717) is 18.0 Å². The topological polar surface area (TPSA) is 70.5 Å². The molecule has 0 bridgehead atoms. The van der Waals surface area contributed by atoms with E-state index in [9.17, 15) is 9.59 Å². The molecule has 1 aromatic heterocycles. The number of pyridine rings is 1. The molecule has 1 aliphatic rings. The Bertz CT molecular complexity index is 841. The van der Waals surface area contributed by atoms with E-state index < -0.39 is 5.97 Å². The summed E-state index contributed by atoms with van der Waals surface area (Å²) in [6, 6.07) is 7.90. The highest BCUT2D eigenvalue weighted by molar-refractivity contribution is 6.06. The van der Waals surface area contributed by atoms with E-state index >= 15 is 0 Å². The zero-order valence-electron chi connectivity index (χ0n) is 15.7. The van der Waals surface area contributed by atoms with Crippen LogP contribution in [-0.4, -0.2) is 40.0 Å². The van der Waals surface area contributed by atoms with Crippen LogP contribution in [0.15, 0.2) is 24.3 Å². The fourth-order valence-corrected chi connectivity index (χ4v) is 3.24. The maximum atomic E-state index is 13.3. The van der Waals surface area contributed by atoms with Gasteiger partial charge in [0, 0.05) is 30.1 Å². The number of hydrogen-bond donors (Lipinski definition) is 1. The van der Waals surface area contributed by atoms with Gasteiger partial charge >= 0.3 is 5.97 Å². The number of amides is 1. The lowest BCUT2D eigenvalue weighted by molar-refractivity contribution is -0.137. The van der Waals surface area contributed by atoms with Crippen LogP contribution in [0.2, 0.25) is 0 Å². The molecule has 1 N–H and O–H groups in total. The summed E-state index contributed by atoms with van der Waals surface area (Å²) in [7, 11) is 0. The van der Waals surface area contributed by atoms with Crippen molar-refractivity contribution < 1.29 is 14.7 Å². The summed E-state index contributed by atoms with van der Waals surface area (Å²) in [5.74, 6) is -0.268. The zero-order valence-corrected chi connectivity index (χ0v) is 15.7. The minimum Gasteiger partial charge on any atom is -0.481 e. The van der Waals surface area contributed by atoms with Gasteiger partial charge in [0.15, 0.2) is 0 Å². The summed E-state index contributed by atoms with van der Waals surface area (Å²) in [6.07, 6.45) is 2.19. The van der Waals surface area contributed by atoms with Crippen LogP contribution in [0.1, 0.15) is 60.6 Å². The van der Waals surface area contributed by atoms with Crippen molar-refractivity contribution in [3.63, 3.8) is 0 Å². The second-order valence-corrected chi connectivity index (χ2v) is 7.68. The van der Waals surface area contributed by atoms with Crippen LogP contribution in [0.3, 0.4) is 0 Å². The van der Waals surface area contributed by atoms with Gasteiger partial charge in [0.2, 0.25) is 0 Å². The fraction of sp³-hybridized carbons (Fsp3) is 0.476. The van der Waals surface area contributed by atoms with Gasteiger partial charge in [-0.3, -0.25) is 14.6 Å². The molecule has 5 heteroatoms. The third kappa shape index (κ3) is 4.21. The Kier molecular flexibility index (Phi) is 5.25. The summed E-state index contributed by atoms with van der Waals surface area (Å²) in [6.45, 7) is 6.83. The van der Waals surface area contributed by atoms with Crippen molar-refractivity contribution in [3.05, 3.63) is 41.1 Å². The Hall–Kier alpha value is -2.43. The van der Waals surface area contributed by atoms with Crippen molar-refractivity contribution in [3.8, 4) is 0 Å². The first-order chi connectivity index (χ1) is 12.3. The molecule has 2 aromatic rings. The summed E-state index contributed by atoms with van der Waals surface area (Å²) < 4.78 is 0. The van der Waals surface area contributed by atoms with E-state index in [-0.39, 0.29) is 24.8 Å². The standard InChI is InChI=1S/C21H26N2O3/c1-13(2)12-23(9-8-20(24)25)21(26)17-11-19(15-5-6-15)22-18-7-4-14(3)10-16(17)18/h4,7,10-11,13,15H,5-6,8-9,12H2,1-3H3,(H,24,25). The van der Waals surface area contributed by atoms with Crippen LogP contribution in [0.25, 0.3) is 10.9 Å². The molecule has 1 saturated carbocycles. The Labute approximate surface area is 154 Å². The monoisotopic (exact) mass is 354 g/mol. The highest BCUT2D eigenvalue weighted by atomic mass is 16.4. The lowest BCUT2D eigenvalue weighted by Gasteiger charge is -2.25. The third-order valence-electron chi connectivity index (χ3n) is 4.68. The maximum Gasteiger partial charge on any atom is 0.305 e. The van der Waals surface area contributed by atoms with Crippen molar-refractivity contribution in [1.82, 2.24) is 9.88 Å². The van der Waals surface area contributed by atoms with Crippen molar-refractivity contribution in [2.24, 2.45) is 5.92 Å². The Morgan fingerprint density at radius 3 is 2.62 bits per heavy atom. The molecule has 5 nitrogen and oxygen atoms in total. The number of rotatable bonds is 7. The van der Waals surface area contributed by atoms with E-state index in [1.54, 1.807) is 4.90 Å². The Balaban J connectivity index is 2.03. The predicted octanol–water partition coefficient (Wildman–Crippen LogP) is 3.99. The van der Waals surface area contributed by atoms with Gasteiger partial charge in [0.25, 0.3) is 5.91 Å². The molecular formula is C21H26N2O3. The van der Waals surface area contributed by atoms with Crippen LogP contribution in [-0.2, 0) is 4.79 Å². The van der Waals surface area contributed by atoms with Crippen LogP contribution in [0.5, 0.6) is 0 Å². The van der Waals surface area contributed by atoms with E-state index in [4.69, 9.17) is 10.1 Å². The van der Waals surface area contributed by atoms with Crippen LogP contribution in [0, 0.1) is 12.8 Å². The molecule has 1 heterocycles. The smallest absolute Gasteiger partial charge is 0.305 e. The number of aliphatic carboxylic acids is 1. The second kappa shape index (κ2) is 7.44. The minimum atomic E-state index is -0.888. The first-order valence-electron chi connectivity index (χ1n) is 9.27. The molecule has 0 atom stereocenters. The first kappa shape index (κ1) is 18.4. The van der Waals surface area contributed by atoms with Gasteiger partial charge in [-0.05, 0) is 43.9 Å². The van der Waals surface area contributed by atoms with Gasteiger partial charge in [-0.1, -0.05) is 25.5 Å². The first-order valence-corrected chi connectivity index (χ1v) is 9.27. The number of benzene rings is 1. The molecular weight excluding hydrogens is 328 g/mol. The number of carbonyl (C=O) groups excluding carboxylic acids is 1. The van der Waals surface area contributed by atoms with Crippen molar-refractivity contribution in [1.29, 1.82) is 0 Å². The normalized spacial score (nSPS) is 14.0. The molecule has 0 spiro atoms. The lowest BCUT2D eigenvalue weighted by Crippen LogP contribution is -2.36. The lowest BCUT2D eigenvalue weighted by atomic mass is 10.0. The average Bonchev–Trinajstić information content (AvgIpc) is 3.41. The van der Waals surface area contributed by atoms with Gasteiger partial charge in [0.05, 0.1) is 17.5 Å². The number of carboxylic acid groups (broad SMARTS) is 1. The van der Waals surface area contributed by atoms with E-state index in [0.717, 1.165) is 35.0 Å². The van der Waals surface area contributed by atoms with E-state index in [2.05, 4.69) is 0 Å². The largest absolute Gasteiger partial charge is 0.481 e. The number of hydrogen-bond acceptors (Lipinski definition) is 3. The number of aromatic nitrogens is 1. The van der Waals surface area contributed by atoms with E-state index in [1.807, 2.05) is 45.0 Å². The molecule has 1 amide bonds. The molecule has 1 aliphatic carbocycles. The second-order valence-electron chi connectivity index (χ2n) is 7.68. The SMILES string of the molecule is Cc1ccc2nc(C3CC3)cc(C(=O)N(CCC(=O)O)CC(C)C)c2c1. The van der Waals surface area contributed by atoms with Gasteiger partial charge in [-0.15, -0.1) is 0 Å². The van der Waals surface area contributed by atoms with Gasteiger partial charge in [-0.25, -0.2) is 0 Å². The number of fused-ring (bicyclic) bond motifs is 1. The van der Waals surface area contributed by atoms with E-state index in [1.165, 1.54) is 0 Å². The molecule has 0 aliphatic heterocycles. The number of aryl methyl sites for hydroxylation is 1. The van der Waals surface area contributed by atoms with Gasteiger partial charge < -0.3 is 10.0 Å². The van der Waals surface area contributed by atoms with Crippen molar-refractivity contribution >= 4 is 22.8 Å². The summed E-state index contributed by atoms with van der Waals surface area (Å²) in [5.41, 5.74) is 3.54. The molecule has 0 radical (unpaired) electrons. The number of carbonyl (C=O) groups is 2. The molecule has 3 rings (SSSR count). The average molecular weight is 354 g/mol. The Morgan fingerprint density at radius 2 is 2.00 bits per heavy atom. The fourth-order valence-electron chi connectivity index (χ4n) is 3.24. The summed E-state index contributed by atoms with van der Waals surface area (Å²) in [5, 5.41) is 9.88. The molecule has 0 saturated heterocycles. The molecule has 0 unspecified atom stereocenters. The zero-order chi connectivity index (χ0) is 18.8. The minimum absolute atomic E-state index is 0.0456. The van der Waals surface area contributed by atoms with Crippen molar-refractivity contribution in [2.45, 2.75) is 46.0 Å². The highest BCUT2D eigenvalue weighted by Gasteiger charge is 2.28. The molecule has 1 aromatic carbocycles. The molecule has 138 valence electrons.